The van der Waals surface area contributed by atoms with Gasteiger partial charge in [-0.15, -0.1) is 6.58 Å². The highest BCUT2D eigenvalue weighted by Crippen LogP contribution is 2.18. The second kappa shape index (κ2) is 4.37. The summed E-state index contributed by atoms with van der Waals surface area (Å²) < 4.78 is 30.8. The van der Waals surface area contributed by atoms with Crippen molar-refractivity contribution < 1.29 is 17.8 Å². The molecule has 0 aromatic heterocycles. The monoisotopic (exact) mass is 226 g/mol. The summed E-state index contributed by atoms with van der Waals surface area (Å²) in [6, 6.07) is 4.26. The molecule has 0 heterocycles. The average Bonchev–Trinajstić information content (AvgIpc) is 2.16. The first kappa shape index (κ1) is 11.6. The SMILES string of the molecule is C=CCc1cccc(S(=O)(=O)O)c1C=O. The van der Waals surface area contributed by atoms with E-state index in [-0.39, 0.29) is 10.5 Å². The third-order valence-electron chi connectivity index (χ3n) is 1.92. The van der Waals surface area contributed by atoms with Crippen molar-refractivity contribution in [1.82, 2.24) is 0 Å². The lowest BCUT2D eigenvalue weighted by Gasteiger charge is -2.05. The number of aldehydes is 1. The molecule has 0 amide bonds. The maximum Gasteiger partial charge on any atom is 0.295 e. The molecule has 1 aromatic rings. The molecule has 0 spiro atoms. The number of hydrogen-bond donors (Lipinski definition) is 1. The number of carbonyl (C=O) groups is 1. The van der Waals surface area contributed by atoms with Crippen molar-refractivity contribution in [2.24, 2.45) is 0 Å². The first-order chi connectivity index (χ1) is 7.00. The summed E-state index contributed by atoms with van der Waals surface area (Å²) in [6.45, 7) is 3.50. The Morgan fingerprint density at radius 2 is 2.07 bits per heavy atom. The van der Waals surface area contributed by atoms with Crippen LogP contribution in [0.15, 0.2) is 35.7 Å². The van der Waals surface area contributed by atoms with Gasteiger partial charge >= 0.3 is 0 Å². The molecule has 0 aliphatic heterocycles. The summed E-state index contributed by atoms with van der Waals surface area (Å²) in [5, 5.41) is 0. The molecule has 1 N–H and O–H groups in total. The molecule has 0 radical (unpaired) electrons. The zero-order valence-corrected chi connectivity index (χ0v) is 8.70. The van der Waals surface area contributed by atoms with Crippen molar-refractivity contribution >= 4 is 16.4 Å². The lowest BCUT2D eigenvalue weighted by atomic mass is 10.1. The van der Waals surface area contributed by atoms with Crippen molar-refractivity contribution in [1.29, 1.82) is 0 Å². The van der Waals surface area contributed by atoms with Crippen LogP contribution in [0.25, 0.3) is 0 Å². The first-order valence-electron chi connectivity index (χ1n) is 4.16. The van der Waals surface area contributed by atoms with Crippen molar-refractivity contribution in [3.05, 3.63) is 42.0 Å². The van der Waals surface area contributed by atoms with Crippen LogP contribution in [0.2, 0.25) is 0 Å². The van der Waals surface area contributed by atoms with Gasteiger partial charge < -0.3 is 0 Å². The molecule has 0 bridgehead atoms. The van der Waals surface area contributed by atoms with Gasteiger partial charge in [-0.2, -0.15) is 8.42 Å². The first-order valence-corrected chi connectivity index (χ1v) is 5.60. The number of benzene rings is 1. The van der Waals surface area contributed by atoms with E-state index in [2.05, 4.69) is 6.58 Å². The minimum absolute atomic E-state index is 0.0140. The van der Waals surface area contributed by atoms with E-state index in [9.17, 15) is 13.2 Å². The van der Waals surface area contributed by atoms with Gasteiger partial charge in [-0.3, -0.25) is 9.35 Å². The van der Waals surface area contributed by atoms with Crippen LogP contribution >= 0.6 is 0 Å². The van der Waals surface area contributed by atoms with E-state index in [0.29, 0.717) is 18.3 Å². The third-order valence-corrected chi connectivity index (χ3v) is 2.83. The minimum atomic E-state index is -4.35. The maximum absolute atomic E-state index is 10.9. The van der Waals surface area contributed by atoms with Crippen molar-refractivity contribution in [3.8, 4) is 0 Å². The Bertz CT molecular complexity index is 488. The zero-order valence-electron chi connectivity index (χ0n) is 7.88. The Morgan fingerprint density at radius 3 is 2.53 bits per heavy atom. The standard InChI is InChI=1S/C10H10O4S/c1-2-4-8-5-3-6-10(9(8)7-11)15(12,13)14/h2-3,5-7H,1,4H2,(H,12,13,14). The number of rotatable bonds is 4. The van der Waals surface area contributed by atoms with E-state index in [1.165, 1.54) is 12.1 Å². The average molecular weight is 226 g/mol. The minimum Gasteiger partial charge on any atom is -0.298 e. The molecule has 4 nitrogen and oxygen atoms in total. The van der Waals surface area contributed by atoms with Crippen LogP contribution in [0.3, 0.4) is 0 Å². The predicted octanol–water partition coefficient (Wildman–Crippen LogP) is 1.47. The molecule has 0 fully saturated rings. The quantitative estimate of drug-likeness (QED) is 0.479. The smallest absolute Gasteiger partial charge is 0.295 e. The molecule has 80 valence electrons. The van der Waals surface area contributed by atoms with Crippen LogP contribution in [-0.2, 0) is 16.5 Å². The highest BCUT2D eigenvalue weighted by atomic mass is 32.2. The van der Waals surface area contributed by atoms with Gasteiger partial charge in [-0.1, -0.05) is 18.2 Å². The van der Waals surface area contributed by atoms with E-state index in [0.717, 1.165) is 0 Å². The molecule has 15 heavy (non-hydrogen) atoms. The Labute approximate surface area is 88.0 Å². The highest BCUT2D eigenvalue weighted by molar-refractivity contribution is 7.86. The van der Waals surface area contributed by atoms with Gasteiger partial charge in [0, 0.05) is 5.56 Å². The zero-order chi connectivity index (χ0) is 11.5. The summed E-state index contributed by atoms with van der Waals surface area (Å²) in [5.74, 6) is 0. The van der Waals surface area contributed by atoms with Crippen LogP contribution in [0, 0.1) is 0 Å². The Balaban J connectivity index is 3.48. The molecular formula is C10H10O4S. The number of carbonyl (C=O) groups excluding carboxylic acids is 1. The van der Waals surface area contributed by atoms with Gasteiger partial charge in [0.15, 0.2) is 6.29 Å². The van der Waals surface area contributed by atoms with Gasteiger partial charge in [0.1, 0.15) is 4.90 Å². The summed E-state index contributed by atoms with van der Waals surface area (Å²) in [7, 11) is -4.35. The van der Waals surface area contributed by atoms with Crippen LogP contribution in [0.1, 0.15) is 15.9 Å². The van der Waals surface area contributed by atoms with Crippen LogP contribution < -0.4 is 0 Å². The molecular weight excluding hydrogens is 216 g/mol. The lowest BCUT2D eigenvalue weighted by molar-refractivity contribution is 0.111. The normalized spacial score (nSPS) is 11.0. The molecule has 0 unspecified atom stereocenters. The summed E-state index contributed by atoms with van der Waals surface area (Å²) in [4.78, 5) is 10.4. The summed E-state index contributed by atoms with van der Waals surface area (Å²) >= 11 is 0. The molecule has 0 atom stereocenters. The highest BCUT2D eigenvalue weighted by Gasteiger charge is 2.16. The maximum atomic E-state index is 10.9. The number of hydrogen-bond acceptors (Lipinski definition) is 3. The molecule has 0 saturated heterocycles. The second-order valence-corrected chi connectivity index (χ2v) is 4.30. The summed E-state index contributed by atoms with van der Waals surface area (Å²) in [6.07, 6.45) is 2.34. The largest absolute Gasteiger partial charge is 0.298 e. The molecule has 1 rings (SSSR count). The topological polar surface area (TPSA) is 71.4 Å². The van der Waals surface area contributed by atoms with E-state index in [1.807, 2.05) is 0 Å². The van der Waals surface area contributed by atoms with Crippen LogP contribution in [0.4, 0.5) is 0 Å². The molecule has 0 aliphatic carbocycles. The van der Waals surface area contributed by atoms with E-state index in [1.54, 1.807) is 12.1 Å². The van der Waals surface area contributed by atoms with E-state index >= 15 is 0 Å². The fourth-order valence-electron chi connectivity index (χ4n) is 1.28. The van der Waals surface area contributed by atoms with Crippen LogP contribution in [-0.4, -0.2) is 19.3 Å². The van der Waals surface area contributed by atoms with Crippen molar-refractivity contribution in [2.45, 2.75) is 11.3 Å². The Kier molecular flexibility index (Phi) is 3.39. The lowest BCUT2D eigenvalue weighted by Crippen LogP contribution is -2.05. The number of allylic oxidation sites excluding steroid dienone is 1. The van der Waals surface area contributed by atoms with Crippen molar-refractivity contribution in [3.63, 3.8) is 0 Å². The van der Waals surface area contributed by atoms with Gasteiger partial charge in [0.2, 0.25) is 0 Å². The Hall–Kier alpha value is -1.46. The van der Waals surface area contributed by atoms with Crippen LogP contribution in [0.5, 0.6) is 0 Å². The van der Waals surface area contributed by atoms with E-state index in [4.69, 9.17) is 4.55 Å². The fourth-order valence-corrected chi connectivity index (χ4v) is 1.99. The Morgan fingerprint density at radius 1 is 1.40 bits per heavy atom. The predicted molar refractivity (Wildman–Crippen MR) is 55.5 cm³/mol. The van der Waals surface area contributed by atoms with Gasteiger partial charge in [-0.05, 0) is 18.1 Å². The molecule has 0 saturated carbocycles. The van der Waals surface area contributed by atoms with Gasteiger partial charge in [-0.25, -0.2) is 0 Å². The van der Waals surface area contributed by atoms with Crippen molar-refractivity contribution in [2.75, 3.05) is 0 Å². The molecule has 1 aromatic carbocycles. The molecule has 5 heteroatoms. The van der Waals surface area contributed by atoms with E-state index < -0.39 is 10.1 Å². The molecule has 0 aliphatic rings. The fraction of sp³-hybridized carbons (Fsp3) is 0.100. The second-order valence-electron chi connectivity index (χ2n) is 2.91. The van der Waals surface area contributed by atoms with Gasteiger partial charge in [0.25, 0.3) is 10.1 Å². The third kappa shape index (κ3) is 2.51. The summed E-state index contributed by atoms with van der Waals surface area (Å²) in [5.41, 5.74) is 0.509. The van der Waals surface area contributed by atoms with Gasteiger partial charge in [0.05, 0.1) is 0 Å².